The molecule has 21 heavy (non-hydrogen) atoms. The van der Waals surface area contributed by atoms with Crippen LogP contribution in [0.2, 0.25) is 0 Å². The second kappa shape index (κ2) is 5.93. The third-order valence-corrected chi connectivity index (χ3v) is 3.50. The molecule has 0 fully saturated rings. The average molecular weight is 362 g/mol. The Kier molecular flexibility index (Phi) is 4.41. The summed E-state index contributed by atoms with van der Waals surface area (Å²) in [7, 11) is 1.51. The minimum absolute atomic E-state index is 0.0470. The predicted octanol–water partition coefficient (Wildman–Crippen LogP) is 3.69. The Labute approximate surface area is 127 Å². The largest absolute Gasteiger partial charge is 0.496 e. The molecule has 112 valence electrons. The molecular formula is C14H11BrF3NO2. The first-order chi connectivity index (χ1) is 9.81. The van der Waals surface area contributed by atoms with E-state index < -0.39 is 17.3 Å². The maximum atomic E-state index is 12.7. The zero-order chi connectivity index (χ0) is 15.6. The van der Waals surface area contributed by atoms with Crippen molar-refractivity contribution in [1.82, 2.24) is 4.57 Å². The summed E-state index contributed by atoms with van der Waals surface area (Å²) in [6, 6.07) is 6.77. The Morgan fingerprint density at radius 3 is 2.52 bits per heavy atom. The Morgan fingerprint density at radius 1 is 1.24 bits per heavy atom. The first-order valence-corrected chi connectivity index (χ1v) is 6.70. The van der Waals surface area contributed by atoms with Gasteiger partial charge in [0.15, 0.2) is 0 Å². The molecule has 0 aliphatic carbocycles. The molecule has 0 amide bonds. The van der Waals surface area contributed by atoms with E-state index in [1.54, 1.807) is 18.2 Å². The van der Waals surface area contributed by atoms with E-state index in [-0.39, 0.29) is 6.54 Å². The maximum absolute atomic E-state index is 12.7. The number of nitrogens with zero attached hydrogens (tertiary/aromatic N) is 1. The molecular weight excluding hydrogens is 351 g/mol. The summed E-state index contributed by atoms with van der Waals surface area (Å²) >= 11 is 3.29. The van der Waals surface area contributed by atoms with Gasteiger partial charge in [0, 0.05) is 12.3 Å². The molecule has 0 atom stereocenters. The Morgan fingerprint density at radius 2 is 1.95 bits per heavy atom. The van der Waals surface area contributed by atoms with Crippen LogP contribution in [0.1, 0.15) is 11.1 Å². The fourth-order valence-electron chi connectivity index (χ4n) is 1.83. The molecule has 0 N–H and O–H groups in total. The normalized spacial score (nSPS) is 11.5. The summed E-state index contributed by atoms with van der Waals surface area (Å²) in [5.74, 6) is 0.607. The van der Waals surface area contributed by atoms with Gasteiger partial charge in [0.2, 0.25) is 0 Å². The second-order valence-electron chi connectivity index (χ2n) is 4.35. The van der Waals surface area contributed by atoms with Crippen LogP contribution in [0.25, 0.3) is 0 Å². The van der Waals surface area contributed by atoms with Crippen LogP contribution < -0.4 is 10.3 Å². The van der Waals surface area contributed by atoms with Gasteiger partial charge in [0.05, 0.1) is 23.7 Å². The monoisotopic (exact) mass is 361 g/mol. The number of rotatable bonds is 3. The predicted molar refractivity (Wildman–Crippen MR) is 75.5 cm³/mol. The number of methoxy groups -OCH3 is 1. The second-order valence-corrected chi connectivity index (χ2v) is 5.20. The number of ether oxygens (including phenoxy) is 1. The van der Waals surface area contributed by atoms with E-state index in [2.05, 4.69) is 15.9 Å². The van der Waals surface area contributed by atoms with Crippen LogP contribution in [-0.4, -0.2) is 11.7 Å². The smallest absolute Gasteiger partial charge is 0.417 e. The lowest BCUT2D eigenvalue weighted by Gasteiger charge is -2.11. The highest BCUT2D eigenvalue weighted by Gasteiger charge is 2.31. The fourth-order valence-corrected chi connectivity index (χ4v) is 2.42. The van der Waals surface area contributed by atoms with Gasteiger partial charge >= 0.3 is 6.18 Å². The number of hydrogen-bond acceptors (Lipinski definition) is 2. The van der Waals surface area contributed by atoms with Gasteiger partial charge in [-0.3, -0.25) is 4.79 Å². The average Bonchev–Trinajstić information content (AvgIpc) is 2.40. The maximum Gasteiger partial charge on any atom is 0.417 e. The molecule has 0 bridgehead atoms. The molecule has 3 nitrogen and oxygen atoms in total. The van der Waals surface area contributed by atoms with E-state index in [9.17, 15) is 18.0 Å². The Hall–Kier alpha value is -1.76. The summed E-state index contributed by atoms with van der Waals surface area (Å²) in [5, 5.41) is 0. The zero-order valence-electron chi connectivity index (χ0n) is 10.9. The molecule has 1 aromatic heterocycles. The van der Waals surface area contributed by atoms with Gasteiger partial charge in [0.25, 0.3) is 5.56 Å². The minimum atomic E-state index is -4.48. The molecule has 2 aromatic rings. The van der Waals surface area contributed by atoms with Crippen molar-refractivity contribution < 1.29 is 17.9 Å². The summed E-state index contributed by atoms with van der Waals surface area (Å²) in [5.41, 5.74) is -0.659. The first kappa shape index (κ1) is 15.6. The van der Waals surface area contributed by atoms with Gasteiger partial charge in [0.1, 0.15) is 5.75 Å². The zero-order valence-corrected chi connectivity index (χ0v) is 12.5. The number of halogens is 4. The molecule has 0 saturated carbocycles. The van der Waals surface area contributed by atoms with Gasteiger partial charge in [-0.15, -0.1) is 0 Å². The molecule has 0 spiro atoms. The number of alkyl halides is 3. The number of hydrogen-bond donors (Lipinski definition) is 0. The van der Waals surface area contributed by atoms with Crippen LogP contribution in [0, 0.1) is 0 Å². The van der Waals surface area contributed by atoms with Crippen LogP contribution >= 0.6 is 15.9 Å². The molecule has 0 radical (unpaired) electrons. The highest BCUT2D eigenvalue weighted by Crippen LogP contribution is 2.29. The van der Waals surface area contributed by atoms with E-state index in [1.807, 2.05) is 0 Å². The third kappa shape index (κ3) is 3.66. The van der Waals surface area contributed by atoms with Crippen LogP contribution in [0.3, 0.4) is 0 Å². The van der Waals surface area contributed by atoms with Crippen LogP contribution in [0.4, 0.5) is 13.2 Å². The van der Waals surface area contributed by atoms with Crippen LogP contribution in [0.5, 0.6) is 5.75 Å². The first-order valence-electron chi connectivity index (χ1n) is 5.91. The highest BCUT2D eigenvalue weighted by atomic mass is 79.9. The molecule has 2 rings (SSSR count). The summed E-state index contributed by atoms with van der Waals surface area (Å²) in [6.45, 7) is 0.0470. The minimum Gasteiger partial charge on any atom is -0.496 e. The van der Waals surface area contributed by atoms with Gasteiger partial charge in [-0.2, -0.15) is 13.2 Å². The van der Waals surface area contributed by atoms with E-state index >= 15 is 0 Å². The highest BCUT2D eigenvalue weighted by molar-refractivity contribution is 9.10. The lowest BCUT2D eigenvalue weighted by Crippen LogP contribution is -2.21. The van der Waals surface area contributed by atoms with Crippen molar-refractivity contribution in [2.75, 3.05) is 7.11 Å². The fraction of sp³-hybridized carbons (Fsp3) is 0.214. The summed E-state index contributed by atoms with van der Waals surface area (Å²) < 4.78 is 44.8. The van der Waals surface area contributed by atoms with E-state index in [0.717, 1.165) is 22.9 Å². The van der Waals surface area contributed by atoms with Gasteiger partial charge < -0.3 is 9.30 Å². The molecule has 1 aromatic carbocycles. The molecule has 0 saturated heterocycles. The van der Waals surface area contributed by atoms with Gasteiger partial charge in [-0.1, -0.05) is 6.07 Å². The van der Waals surface area contributed by atoms with Crippen molar-refractivity contribution in [3.8, 4) is 5.75 Å². The quantitative estimate of drug-likeness (QED) is 0.834. The number of benzene rings is 1. The van der Waals surface area contributed by atoms with Crippen LogP contribution in [-0.2, 0) is 12.7 Å². The van der Waals surface area contributed by atoms with Crippen LogP contribution in [0.15, 0.2) is 45.8 Å². The van der Waals surface area contributed by atoms with E-state index in [0.29, 0.717) is 15.8 Å². The Bertz CT molecular complexity index is 710. The third-order valence-electron chi connectivity index (χ3n) is 2.88. The van der Waals surface area contributed by atoms with E-state index in [1.165, 1.54) is 7.11 Å². The lowest BCUT2D eigenvalue weighted by atomic mass is 10.2. The topological polar surface area (TPSA) is 31.2 Å². The van der Waals surface area contributed by atoms with Crippen molar-refractivity contribution in [3.63, 3.8) is 0 Å². The Balaban J connectivity index is 2.35. The molecule has 0 aliphatic heterocycles. The summed E-state index contributed by atoms with van der Waals surface area (Å²) in [6.07, 6.45) is -3.66. The summed E-state index contributed by atoms with van der Waals surface area (Å²) in [4.78, 5) is 11.7. The lowest BCUT2D eigenvalue weighted by molar-refractivity contribution is -0.138. The standard InChI is InChI=1S/C14H11BrF3NO2/c1-21-12-4-2-9(6-11(12)15)7-19-8-10(14(16,17)18)3-5-13(19)20/h2-6,8H,7H2,1H3. The SMILES string of the molecule is COc1ccc(Cn2cc(C(F)(F)F)ccc2=O)cc1Br. The van der Waals surface area contributed by atoms with Crippen molar-refractivity contribution in [2.24, 2.45) is 0 Å². The number of pyridine rings is 1. The van der Waals surface area contributed by atoms with E-state index in [4.69, 9.17) is 4.74 Å². The van der Waals surface area contributed by atoms with Crippen molar-refractivity contribution in [2.45, 2.75) is 12.7 Å². The van der Waals surface area contributed by atoms with Gasteiger partial charge in [-0.05, 0) is 39.7 Å². The van der Waals surface area contributed by atoms with Gasteiger partial charge in [-0.25, -0.2) is 0 Å². The van der Waals surface area contributed by atoms with Crippen molar-refractivity contribution in [3.05, 3.63) is 62.5 Å². The molecule has 7 heteroatoms. The number of aromatic nitrogens is 1. The van der Waals surface area contributed by atoms with Crippen molar-refractivity contribution in [1.29, 1.82) is 0 Å². The molecule has 0 aliphatic rings. The molecule has 1 heterocycles. The molecule has 0 unspecified atom stereocenters. The van der Waals surface area contributed by atoms with Crippen molar-refractivity contribution >= 4 is 15.9 Å².